The summed E-state index contributed by atoms with van der Waals surface area (Å²) in [6.45, 7) is 3.55. The van der Waals surface area contributed by atoms with Crippen LogP contribution in [0.1, 0.15) is 62.5 Å². The van der Waals surface area contributed by atoms with Crippen LogP contribution in [0.25, 0.3) is 11.1 Å². The molecule has 0 aliphatic heterocycles. The van der Waals surface area contributed by atoms with E-state index >= 15 is 0 Å². The molecule has 0 amide bonds. The standard InChI is InChI=1S/C27H35FO/c1-2-20-29-21-18-23-8-12-25(13-9-23)27-16-14-26(15-17-27)24-10-6-22(7-11-24)5-3-4-19-28/h3,5,8-9,12-17,22,24H,2,4,6-7,10-11,18-21H2,1H3/b5-3+. The first-order valence-electron chi connectivity index (χ1n) is 11.3. The number of hydrogen-bond acceptors (Lipinski definition) is 1. The molecule has 0 N–H and O–H groups in total. The average Bonchev–Trinajstić information content (AvgIpc) is 2.78. The van der Waals surface area contributed by atoms with Crippen molar-refractivity contribution >= 4 is 0 Å². The molecule has 156 valence electrons. The van der Waals surface area contributed by atoms with Crippen molar-refractivity contribution in [1.29, 1.82) is 0 Å². The largest absolute Gasteiger partial charge is 0.381 e. The predicted molar refractivity (Wildman–Crippen MR) is 121 cm³/mol. The summed E-state index contributed by atoms with van der Waals surface area (Å²) in [4.78, 5) is 0. The molecule has 1 aliphatic carbocycles. The van der Waals surface area contributed by atoms with Gasteiger partial charge in [-0.05, 0) is 79.0 Å². The van der Waals surface area contributed by atoms with E-state index < -0.39 is 0 Å². The maximum atomic E-state index is 12.2. The van der Waals surface area contributed by atoms with Crippen molar-refractivity contribution in [3.63, 3.8) is 0 Å². The number of benzene rings is 2. The molecule has 0 aromatic heterocycles. The first-order chi connectivity index (χ1) is 14.3. The Balaban J connectivity index is 1.51. The van der Waals surface area contributed by atoms with Crippen molar-refractivity contribution in [2.45, 2.75) is 57.8 Å². The number of ether oxygens (including phenoxy) is 1. The van der Waals surface area contributed by atoms with Crippen LogP contribution in [0.3, 0.4) is 0 Å². The first-order valence-corrected chi connectivity index (χ1v) is 11.3. The van der Waals surface area contributed by atoms with Gasteiger partial charge in [0, 0.05) is 6.61 Å². The first kappa shape index (κ1) is 21.8. The van der Waals surface area contributed by atoms with Gasteiger partial charge in [-0.2, -0.15) is 0 Å². The third-order valence-corrected chi connectivity index (χ3v) is 6.01. The number of hydrogen-bond donors (Lipinski definition) is 0. The molecule has 2 heteroatoms. The third kappa shape index (κ3) is 6.82. The van der Waals surface area contributed by atoms with Gasteiger partial charge in [-0.3, -0.25) is 4.39 Å². The zero-order valence-corrected chi connectivity index (χ0v) is 17.8. The van der Waals surface area contributed by atoms with Gasteiger partial charge in [-0.25, -0.2) is 0 Å². The molecule has 1 nitrogen and oxygen atoms in total. The molecule has 0 unspecified atom stereocenters. The molecular weight excluding hydrogens is 359 g/mol. The van der Waals surface area contributed by atoms with Crippen molar-refractivity contribution < 1.29 is 9.13 Å². The van der Waals surface area contributed by atoms with Crippen LogP contribution in [-0.2, 0) is 11.2 Å². The van der Waals surface area contributed by atoms with Crippen molar-refractivity contribution in [2.24, 2.45) is 5.92 Å². The molecule has 29 heavy (non-hydrogen) atoms. The molecule has 0 bridgehead atoms. The average molecular weight is 395 g/mol. The van der Waals surface area contributed by atoms with Gasteiger partial charge in [0.15, 0.2) is 0 Å². The van der Waals surface area contributed by atoms with Crippen LogP contribution >= 0.6 is 0 Å². The van der Waals surface area contributed by atoms with Gasteiger partial charge < -0.3 is 4.74 Å². The molecule has 0 spiro atoms. The van der Waals surface area contributed by atoms with E-state index in [0.29, 0.717) is 18.3 Å². The maximum Gasteiger partial charge on any atom is 0.0928 e. The molecule has 0 atom stereocenters. The van der Waals surface area contributed by atoms with E-state index in [1.165, 1.54) is 47.9 Å². The van der Waals surface area contributed by atoms with E-state index in [1.54, 1.807) is 0 Å². The van der Waals surface area contributed by atoms with Crippen LogP contribution in [0.15, 0.2) is 60.7 Å². The molecule has 0 heterocycles. The Morgan fingerprint density at radius 1 is 0.897 bits per heavy atom. The second-order valence-electron chi connectivity index (χ2n) is 8.20. The minimum absolute atomic E-state index is 0.242. The maximum absolute atomic E-state index is 12.2. The van der Waals surface area contributed by atoms with Crippen molar-refractivity contribution in [2.75, 3.05) is 19.9 Å². The zero-order chi connectivity index (χ0) is 20.3. The quantitative estimate of drug-likeness (QED) is 0.299. The summed E-state index contributed by atoms with van der Waals surface area (Å²) >= 11 is 0. The second-order valence-corrected chi connectivity index (χ2v) is 8.20. The molecule has 2 aromatic rings. The lowest BCUT2D eigenvalue weighted by molar-refractivity contribution is 0.138. The highest BCUT2D eigenvalue weighted by Crippen LogP contribution is 2.37. The molecule has 1 aliphatic rings. The molecule has 1 saturated carbocycles. The Morgan fingerprint density at radius 3 is 2.17 bits per heavy atom. The highest BCUT2D eigenvalue weighted by molar-refractivity contribution is 5.64. The fourth-order valence-electron chi connectivity index (χ4n) is 4.24. The van der Waals surface area contributed by atoms with Gasteiger partial charge in [0.1, 0.15) is 0 Å². The topological polar surface area (TPSA) is 9.23 Å². The Morgan fingerprint density at radius 2 is 1.55 bits per heavy atom. The summed E-state index contributed by atoms with van der Waals surface area (Å²) in [6.07, 6.45) is 11.8. The molecule has 3 rings (SSSR count). The number of allylic oxidation sites excluding steroid dienone is 2. The van der Waals surface area contributed by atoms with Gasteiger partial charge in [0.25, 0.3) is 0 Å². The number of rotatable bonds is 10. The van der Waals surface area contributed by atoms with Gasteiger partial charge in [-0.1, -0.05) is 67.6 Å². The fraction of sp³-hybridized carbons (Fsp3) is 0.481. The van der Waals surface area contributed by atoms with Crippen molar-refractivity contribution in [1.82, 2.24) is 0 Å². The summed E-state index contributed by atoms with van der Waals surface area (Å²) in [5, 5.41) is 0. The monoisotopic (exact) mass is 394 g/mol. The van der Waals surface area contributed by atoms with E-state index in [0.717, 1.165) is 26.1 Å². The lowest BCUT2D eigenvalue weighted by Crippen LogP contribution is -2.11. The summed E-state index contributed by atoms with van der Waals surface area (Å²) < 4.78 is 17.8. The van der Waals surface area contributed by atoms with Gasteiger partial charge in [-0.15, -0.1) is 0 Å². The van der Waals surface area contributed by atoms with Crippen LogP contribution in [-0.4, -0.2) is 19.9 Å². The Labute approximate surface area is 176 Å². The minimum atomic E-state index is -0.242. The molecule has 1 fully saturated rings. The lowest BCUT2D eigenvalue weighted by atomic mass is 9.78. The molecule has 0 saturated heterocycles. The highest BCUT2D eigenvalue weighted by Gasteiger charge is 2.20. The smallest absolute Gasteiger partial charge is 0.0928 e. The van der Waals surface area contributed by atoms with E-state index in [-0.39, 0.29) is 6.67 Å². The summed E-state index contributed by atoms with van der Waals surface area (Å²) in [7, 11) is 0. The van der Waals surface area contributed by atoms with Crippen molar-refractivity contribution in [3.05, 3.63) is 71.8 Å². The van der Waals surface area contributed by atoms with Crippen LogP contribution in [0.5, 0.6) is 0 Å². The normalized spacial score (nSPS) is 19.7. The Bertz CT molecular complexity index is 724. The van der Waals surface area contributed by atoms with E-state index in [1.807, 2.05) is 6.08 Å². The minimum Gasteiger partial charge on any atom is -0.381 e. The number of alkyl halides is 1. The van der Waals surface area contributed by atoms with Gasteiger partial charge >= 0.3 is 0 Å². The third-order valence-electron chi connectivity index (χ3n) is 6.01. The summed E-state index contributed by atoms with van der Waals surface area (Å²) in [6, 6.07) is 18.0. The van der Waals surface area contributed by atoms with E-state index in [4.69, 9.17) is 4.74 Å². The lowest BCUT2D eigenvalue weighted by Gasteiger charge is -2.27. The van der Waals surface area contributed by atoms with Crippen LogP contribution in [0.2, 0.25) is 0 Å². The van der Waals surface area contributed by atoms with E-state index in [9.17, 15) is 4.39 Å². The Hall–Kier alpha value is -1.93. The molecule has 0 radical (unpaired) electrons. The summed E-state index contributed by atoms with van der Waals surface area (Å²) in [5.74, 6) is 1.31. The highest BCUT2D eigenvalue weighted by atomic mass is 19.1. The van der Waals surface area contributed by atoms with Crippen LogP contribution in [0.4, 0.5) is 4.39 Å². The van der Waals surface area contributed by atoms with Crippen molar-refractivity contribution in [3.8, 4) is 11.1 Å². The van der Waals surface area contributed by atoms with Gasteiger partial charge in [0.05, 0.1) is 13.3 Å². The van der Waals surface area contributed by atoms with Crippen LogP contribution < -0.4 is 0 Å². The zero-order valence-electron chi connectivity index (χ0n) is 17.8. The predicted octanol–water partition coefficient (Wildman–Crippen LogP) is 7.51. The second kappa shape index (κ2) is 11.9. The SMILES string of the molecule is CCCOCCc1ccc(-c2ccc(C3CCC(/C=C/CCF)CC3)cc2)cc1. The molecule has 2 aromatic carbocycles. The molecular formula is C27H35FO. The summed E-state index contributed by atoms with van der Waals surface area (Å²) in [5.41, 5.74) is 5.35. The number of halogens is 1. The van der Waals surface area contributed by atoms with Crippen LogP contribution in [0, 0.1) is 5.92 Å². The van der Waals surface area contributed by atoms with Gasteiger partial charge in [0.2, 0.25) is 0 Å². The van der Waals surface area contributed by atoms with E-state index in [2.05, 4.69) is 61.5 Å². The Kier molecular flexibility index (Phi) is 8.95. The fourth-order valence-corrected chi connectivity index (χ4v) is 4.24.